The smallest absolute Gasteiger partial charge is 0.226 e. The first-order valence-electron chi connectivity index (χ1n) is 8.22. The van der Waals surface area contributed by atoms with E-state index in [4.69, 9.17) is 17.3 Å². The summed E-state index contributed by atoms with van der Waals surface area (Å²) < 4.78 is 1.71. The summed E-state index contributed by atoms with van der Waals surface area (Å²) in [4.78, 5) is 8.94. The molecule has 0 spiro atoms. The zero-order valence-corrected chi connectivity index (χ0v) is 15.5. The molecule has 2 aromatic heterocycles. The number of nitrogens with one attached hydrogen (secondary N) is 2. The van der Waals surface area contributed by atoms with Gasteiger partial charge in [-0.2, -0.15) is 9.97 Å². The van der Waals surface area contributed by atoms with Crippen LogP contribution in [-0.4, -0.2) is 42.7 Å². The largest absolute Gasteiger partial charge is 0.398 e. The molecule has 9 nitrogen and oxygen atoms in total. The molecule has 0 radical (unpaired) electrons. The summed E-state index contributed by atoms with van der Waals surface area (Å²) >= 11 is 6.09. The molecule has 5 N–H and O–H groups in total. The van der Waals surface area contributed by atoms with Crippen LogP contribution in [0.3, 0.4) is 0 Å². The third-order valence-corrected chi connectivity index (χ3v) is 3.96. The van der Waals surface area contributed by atoms with Crippen LogP contribution in [0, 0.1) is 0 Å². The van der Waals surface area contributed by atoms with Gasteiger partial charge in [-0.25, -0.2) is 4.68 Å². The molecule has 0 aliphatic heterocycles. The van der Waals surface area contributed by atoms with Crippen molar-refractivity contribution in [3.05, 3.63) is 23.2 Å². The molecule has 26 heavy (non-hydrogen) atoms. The van der Waals surface area contributed by atoms with Crippen LogP contribution in [0.1, 0.15) is 26.8 Å². The van der Waals surface area contributed by atoms with Gasteiger partial charge in [0.25, 0.3) is 0 Å². The lowest BCUT2D eigenvalue weighted by Crippen LogP contribution is -2.17. The Kier molecular flexibility index (Phi) is 5.10. The van der Waals surface area contributed by atoms with E-state index in [0.717, 1.165) is 0 Å². The van der Waals surface area contributed by atoms with Crippen molar-refractivity contribution in [2.75, 3.05) is 22.9 Å². The van der Waals surface area contributed by atoms with Crippen molar-refractivity contribution in [2.24, 2.45) is 0 Å². The van der Waals surface area contributed by atoms with Gasteiger partial charge in [0.15, 0.2) is 17.0 Å². The van der Waals surface area contributed by atoms with Gasteiger partial charge < -0.3 is 21.5 Å². The van der Waals surface area contributed by atoms with Gasteiger partial charge in [-0.05, 0) is 39.0 Å². The Morgan fingerprint density at radius 1 is 1.27 bits per heavy atom. The SMILES string of the molecule is CC(O)CNc1nc(Nc2ccc(N)c(Cl)c2)c2nnn(C(C)C)c2n1. The summed E-state index contributed by atoms with van der Waals surface area (Å²) in [7, 11) is 0. The van der Waals surface area contributed by atoms with E-state index >= 15 is 0 Å². The van der Waals surface area contributed by atoms with Crippen LogP contribution in [0.2, 0.25) is 5.02 Å². The molecule has 1 aromatic carbocycles. The van der Waals surface area contributed by atoms with Crippen molar-refractivity contribution < 1.29 is 5.11 Å². The van der Waals surface area contributed by atoms with Gasteiger partial charge in [0.1, 0.15) is 0 Å². The van der Waals surface area contributed by atoms with Crippen LogP contribution in [0.25, 0.3) is 11.2 Å². The Hall–Kier alpha value is -2.65. The predicted octanol–water partition coefficient (Wildman–Crippen LogP) is 2.57. The maximum absolute atomic E-state index is 9.50. The lowest BCUT2D eigenvalue weighted by atomic mass is 10.3. The van der Waals surface area contributed by atoms with E-state index in [1.807, 2.05) is 13.8 Å². The van der Waals surface area contributed by atoms with Crippen LogP contribution >= 0.6 is 11.6 Å². The van der Waals surface area contributed by atoms with Gasteiger partial charge in [0, 0.05) is 12.2 Å². The monoisotopic (exact) mass is 376 g/mol. The van der Waals surface area contributed by atoms with Crippen LogP contribution in [0.5, 0.6) is 0 Å². The molecular weight excluding hydrogens is 356 g/mol. The number of benzene rings is 1. The summed E-state index contributed by atoms with van der Waals surface area (Å²) in [6.45, 7) is 5.99. The fourth-order valence-corrected chi connectivity index (χ4v) is 2.51. The second kappa shape index (κ2) is 7.30. The summed E-state index contributed by atoms with van der Waals surface area (Å²) in [5, 5.41) is 24.5. The van der Waals surface area contributed by atoms with Crippen LogP contribution in [0.4, 0.5) is 23.1 Å². The topological polar surface area (TPSA) is 127 Å². The summed E-state index contributed by atoms with van der Waals surface area (Å²) in [5.74, 6) is 0.850. The molecule has 3 rings (SSSR count). The highest BCUT2D eigenvalue weighted by Crippen LogP contribution is 2.28. The van der Waals surface area contributed by atoms with E-state index < -0.39 is 6.10 Å². The lowest BCUT2D eigenvalue weighted by Gasteiger charge is -2.12. The number of aromatic nitrogens is 5. The molecule has 1 unspecified atom stereocenters. The second-order valence-corrected chi connectivity index (χ2v) is 6.69. The fourth-order valence-electron chi connectivity index (χ4n) is 2.32. The first-order chi connectivity index (χ1) is 12.3. The van der Waals surface area contributed by atoms with E-state index in [-0.39, 0.29) is 6.04 Å². The van der Waals surface area contributed by atoms with Crippen LogP contribution in [-0.2, 0) is 0 Å². The summed E-state index contributed by atoms with van der Waals surface area (Å²) in [5.41, 5.74) is 8.09. The average Bonchev–Trinajstić information content (AvgIpc) is 3.01. The Morgan fingerprint density at radius 2 is 2.04 bits per heavy atom. The van der Waals surface area contributed by atoms with Gasteiger partial charge in [0.05, 0.1) is 22.9 Å². The van der Waals surface area contributed by atoms with Crippen molar-refractivity contribution in [1.82, 2.24) is 25.0 Å². The van der Waals surface area contributed by atoms with E-state index in [9.17, 15) is 5.11 Å². The molecule has 1 atom stereocenters. The summed E-state index contributed by atoms with van der Waals surface area (Å²) in [6.07, 6.45) is -0.533. The Balaban J connectivity index is 2.04. The number of rotatable bonds is 6. The number of nitrogens with two attached hydrogens (primary N) is 1. The number of anilines is 4. The molecule has 0 saturated heterocycles. The quantitative estimate of drug-likeness (QED) is 0.483. The minimum atomic E-state index is -0.533. The minimum absolute atomic E-state index is 0.0818. The molecule has 0 aliphatic rings. The standard InChI is InChI=1S/C16H21ClN8O/c1-8(2)25-15-13(23-24-25)14(21-16(22-15)19-7-9(3)26)20-10-4-5-12(18)11(17)6-10/h4-6,8-9,26H,7,18H2,1-3H3,(H2,19,20,21,22). The van der Waals surface area contributed by atoms with Crippen molar-refractivity contribution in [3.8, 4) is 0 Å². The fraction of sp³-hybridized carbons (Fsp3) is 0.375. The van der Waals surface area contributed by atoms with Crippen LogP contribution in [0.15, 0.2) is 18.2 Å². The Bertz CT molecular complexity index is 924. The number of halogens is 1. The predicted molar refractivity (Wildman–Crippen MR) is 103 cm³/mol. The number of hydrogen-bond acceptors (Lipinski definition) is 8. The minimum Gasteiger partial charge on any atom is -0.398 e. The van der Waals surface area contributed by atoms with Crippen LogP contribution < -0.4 is 16.4 Å². The van der Waals surface area contributed by atoms with E-state index in [0.29, 0.717) is 45.9 Å². The summed E-state index contributed by atoms with van der Waals surface area (Å²) in [6, 6.07) is 5.30. The number of fused-ring (bicyclic) bond motifs is 1. The molecule has 138 valence electrons. The van der Waals surface area contributed by atoms with Crippen molar-refractivity contribution in [1.29, 1.82) is 0 Å². The molecular formula is C16H21ClN8O. The molecule has 2 heterocycles. The number of nitrogens with zero attached hydrogens (tertiary/aromatic N) is 5. The number of aliphatic hydroxyl groups is 1. The van der Waals surface area contributed by atoms with E-state index in [1.165, 1.54) is 0 Å². The van der Waals surface area contributed by atoms with Gasteiger partial charge >= 0.3 is 0 Å². The van der Waals surface area contributed by atoms with E-state index in [1.54, 1.807) is 29.8 Å². The number of aliphatic hydroxyl groups excluding tert-OH is 1. The van der Waals surface area contributed by atoms with Gasteiger partial charge in [-0.15, -0.1) is 5.10 Å². The number of nitrogen functional groups attached to an aromatic ring is 1. The van der Waals surface area contributed by atoms with Gasteiger partial charge in [-0.1, -0.05) is 16.8 Å². The first kappa shape index (κ1) is 18.2. The first-order valence-corrected chi connectivity index (χ1v) is 8.60. The third-order valence-electron chi connectivity index (χ3n) is 3.63. The zero-order valence-electron chi connectivity index (χ0n) is 14.7. The van der Waals surface area contributed by atoms with Crippen molar-refractivity contribution in [3.63, 3.8) is 0 Å². The average molecular weight is 377 g/mol. The Morgan fingerprint density at radius 3 is 2.69 bits per heavy atom. The Labute approximate surface area is 155 Å². The van der Waals surface area contributed by atoms with Gasteiger partial charge in [0.2, 0.25) is 5.95 Å². The molecule has 10 heteroatoms. The lowest BCUT2D eigenvalue weighted by molar-refractivity contribution is 0.208. The highest BCUT2D eigenvalue weighted by atomic mass is 35.5. The van der Waals surface area contributed by atoms with E-state index in [2.05, 4.69) is 30.9 Å². The molecule has 0 amide bonds. The van der Waals surface area contributed by atoms with Crippen molar-refractivity contribution in [2.45, 2.75) is 32.9 Å². The second-order valence-electron chi connectivity index (χ2n) is 6.29. The molecule has 0 saturated carbocycles. The zero-order chi connectivity index (χ0) is 18.8. The van der Waals surface area contributed by atoms with Crippen molar-refractivity contribution >= 4 is 45.9 Å². The molecule has 0 bridgehead atoms. The third kappa shape index (κ3) is 3.78. The van der Waals surface area contributed by atoms with Gasteiger partial charge in [-0.3, -0.25) is 0 Å². The number of hydrogen-bond donors (Lipinski definition) is 4. The molecule has 0 aliphatic carbocycles. The molecule has 0 fully saturated rings. The maximum Gasteiger partial charge on any atom is 0.226 e. The maximum atomic E-state index is 9.50. The highest BCUT2D eigenvalue weighted by Gasteiger charge is 2.17. The normalized spacial score (nSPS) is 12.5. The molecule has 3 aromatic rings. The highest BCUT2D eigenvalue weighted by molar-refractivity contribution is 6.33.